The average molecular weight is 340 g/mol. The number of carbonyl (C=O) groups excluding carboxylic acids is 2. The number of imide groups is 1. The van der Waals surface area contributed by atoms with Crippen molar-refractivity contribution in [2.24, 2.45) is 0 Å². The fourth-order valence-corrected chi connectivity index (χ4v) is 3.30. The second kappa shape index (κ2) is 7.29. The van der Waals surface area contributed by atoms with Crippen molar-refractivity contribution in [2.75, 3.05) is 0 Å². The molecular weight excluding hydrogens is 316 g/mol. The number of urea groups is 1. The van der Waals surface area contributed by atoms with Crippen LogP contribution in [0, 0.1) is 0 Å². The SMILES string of the molecule is CC(Sc1nnnn1C1CCCC1)C(=O)NC(=O)NC(C)(C)C. The van der Waals surface area contributed by atoms with E-state index in [1.54, 1.807) is 11.6 Å². The number of aromatic nitrogens is 4. The molecule has 1 heterocycles. The predicted molar refractivity (Wildman–Crippen MR) is 87.1 cm³/mol. The molecule has 128 valence electrons. The molecule has 8 nitrogen and oxygen atoms in total. The summed E-state index contributed by atoms with van der Waals surface area (Å²) in [5.74, 6) is -0.363. The molecule has 1 saturated carbocycles. The van der Waals surface area contributed by atoms with Crippen molar-refractivity contribution in [1.29, 1.82) is 0 Å². The summed E-state index contributed by atoms with van der Waals surface area (Å²) >= 11 is 1.27. The van der Waals surface area contributed by atoms with Gasteiger partial charge in [-0.05, 0) is 51.0 Å². The van der Waals surface area contributed by atoms with Gasteiger partial charge in [0.2, 0.25) is 11.1 Å². The first-order valence-electron chi connectivity index (χ1n) is 7.84. The third-order valence-electron chi connectivity index (χ3n) is 3.51. The van der Waals surface area contributed by atoms with Crippen LogP contribution in [0.3, 0.4) is 0 Å². The average Bonchev–Trinajstić information content (AvgIpc) is 3.05. The second-order valence-corrected chi connectivity index (χ2v) is 8.11. The van der Waals surface area contributed by atoms with Crippen molar-refractivity contribution < 1.29 is 9.59 Å². The standard InChI is InChI=1S/C14H24N6O2S/c1-9(11(21)15-12(22)16-14(2,3)4)23-13-17-18-19-20(13)10-7-5-6-8-10/h9-10H,5-8H2,1-4H3,(H2,15,16,21,22). The van der Waals surface area contributed by atoms with Gasteiger partial charge in [-0.15, -0.1) is 5.10 Å². The van der Waals surface area contributed by atoms with E-state index in [1.807, 2.05) is 20.8 Å². The van der Waals surface area contributed by atoms with Crippen LogP contribution in [0.1, 0.15) is 59.4 Å². The molecule has 23 heavy (non-hydrogen) atoms. The summed E-state index contributed by atoms with van der Waals surface area (Å²) in [6, 6.07) is -0.183. The van der Waals surface area contributed by atoms with Gasteiger partial charge in [0, 0.05) is 5.54 Å². The largest absolute Gasteiger partial charge is 0.333 e. The van der Waals surface area contributed by atoms with Crippen molar-refractivity contribution in [3.05, 3.63) is 0 Å². The Hall–Kier alpha value is -1.64. The van der Waals surface area contributed by atoms with Crippen LogP contribution in [-0.2, 0) is 4.79 Å². The zero-order chi connectivity index (χ0) is 17.0. The van der Waals surface area contributed by atoms with Gasteiger partial charge in [0.15, 0.2) is 0 Å². The Kier molecular flexibility index (Phi) is 5.61. The van der Waals surface area contributed by atoms with E-state index >= 15 is 0 Å². The summed E-state index contributed by atoms with van der Waals surface area (Å²) in [6.45, 7) is 7.29. The molecule has 2 rings (SSSR count). The van der Waals surface area contributed by atoms with Crippen LogP contribution in [0.2, 0.25) is 0 Å². The van der Waals surface area contributed by atoms with Gasteiger partial charge in [0.1, 0.15) is 0 Å². The molecule has 1 aliphatic rings. The first-order valence-corrected chi connectivity index (χ1v) is 8.72. The molecule has 0 radical (unpaired) electrons. The van der Waals surface area contributed by atoms with Gasteiger partial charge in [-0.3, -0.25) is 10.1 Å². The van der Waals surface area contributed by atoms with Crippen molar-refractivity contribution >= 4 is 23.7 Å². The predicted octanol–water partition coefficient (Wildman–Crippen LogP) is 1.89. The number of carbonyl (C=O) groups is 2. The minimum Gasteiger partial charge on any atom is -0.333 e. The highest BCUT2D eigenvalue weighted by Crippen LogP contribution is 2.32. The van der Waals surface area contributed by atoms with Crippen molar-refractivity contribution in [1.82, 2.24) is 30.8 Å². The van der Waals surface area contributed by atoms with Gasteiger partial charge in [-0.25, -0.2) is 9.48 Å². The molecule has 0 bridgehead atoms. The Labute approximate surface area is 140 Å². The quantitative estimate of drug-likeness (QED) is 0.812. The third kappa shape index (κ3) is 5.19. The molecule has 1 aliphatic carbocycles. The van der Waals surface area contributed by atoms with Crippen LogP contribution in [0.4, 0.5) is 4.79 Å². The Morgan fingerprint density at radius 1 is 1.30 bits per heavy atom. The van der Waals surface area contributed by atoms with Gasteiger partial charge in [-0.2, -0.15) is 0 Å². The molecule has 1 aromatic heterocycles. The highest BCUT2D eigenvalue weighted by molar-refractivity contribution is 8.00. The maximum atomic E-state index is 12.1. The number of hydrogen-bond acceptors (Lipinski definition) is 6. The van der Waals surface area contributed by atoms with Gasteiger partial charge in [0.25, 0.3) is 0 Å². The lowest BCUT2D eigenvalue weighted by molar-refractivity contribution is -0.119. The van der Waals surface area contributed by atoms with Gasteiger partial charge < -0.3 is 5.32 Å². The van der Waals surface area contributed by atoms with E-state index in [1.165, 1.54) is 24.6 Å². The number of amides is 3. The Morgan fingerprint density at radius 2 is 1.96 bits per heavy atom. The summed E-state index contributed by atoms with van der Waals surface area (Å²) in [4.78, 5) is 23.9. The van der Waals surface area contributed by atoms with Gasteiger partial charge in [-0.1, -0.05) is 24.6 Å². The van der Waals surface area contributed by atoms with Crippen molar-refractivity contribution in [2.45, 2.75) is 75.4 Å². The zero-order valence-electron chi connectivity index (χ0n) is 14.0. The monoisotopic (exact) mass is 340 g/mol. The van der Waals surface area contributed by atoms with Crippen LogP contribution in [-0.4, -0.2) is 42.9 Å². The second-order valence-electron chi connectivity index (χ2n) is 6.80. The van der Waals surface area contributed by atoms with Crippen LogP contribution in [0.5, 0.6) is 0 Å². The lowest BCUT2D eigenvalue weighted by Crippen LogP contribution is -2.49. The molecule has 0 spiro atoms. The molecule has 9 heteroatoms. The van der Waals surface area contributed by atoms with Gasteiger partial charge in [0.05, 0.1) is 11.3 Å². The highest BCUT2D eigenvalue weighted by atomic mass is 32.2. The first kappa shape index (κ1) is 17.7. The van der Waals surface area contributed by atoms with Crippen LogP contribution >= 0.6 is 11.8 Å². The molecule has 2 N–H and O–H groups in total. The fourth-order valence-electron chi connectivity index (χ4n) is 2.44. The summed E-state index contributed by atoms with van der Waals surface area (Å²) in [5.41, 5.74) is -0.396. The third-order valence-corrected chi connectivity index (χ3v) is 4.56. The van der Waals surface area contributed by atoms with E-state index in [4.69, 9.17) is 0 Å². The maximum Gasteiger partial charge on any atom is 0.321 e. The molecule has 3 amide bonds. The summed E-state index contributed by atoms with van der Waals surface area (Å²) in [6.07, 6.45) is 4.48. The Bertz CT molecular complexity index is 562. The summed E-state index contributed by atoms with van der Waals surface area (Å²) in [7, 11) is 0. The number of rotatable bonds is 4. The van der Waals surface area contributed by atoms with Gasteiger partial charge >= 0.3 is 6.03 Å². The smallest absolute Gasteiger partial charge is 0.321 e. The molecule has 1 unspecified atom stereocenters. The molecule has 0 saturated heterocycles. The number of tetrazole rings is 1. The van der Waals surface area contributed by atoms with E-state index < -0.39 is 16.8 Å². The number of nitrogens with zero attached hydrogens (tertiary/aromatic N) is 4. The van der Waals surface area contributed by atoms with Crippen molar-refractivity contribution in [3.63, 3.8) is 0 Å². The Morgan fingerprint density at radius 3 is 2.57 bits per heavy atom. The lowest BCUT2D eigenvalue weighted by Gasteiger charge is -2.21. The van der Waals surface area contributed by atoms with E-state index in [2.05, 4.69) is 26.2 Å². The van der Waals surface area contributed by atoms with Crippen LogP contribution in [0.15, 0.2) is 5.16 Å². The van der Waals surface area contributed by atoms with E-state index in [-0.39, 0.29) is 5.91 Å². The molecule has 1 atom stereocenters. The summed E-state index contributed by atoms with van der Waals surface area (Å²) < 4.78 is 1.80. The normalized spacial score (nSPS) is 17.0. The summed E-state index contributed by atoms with van der Waals surface area (Å²) in [5, 5.41) is 17.0. The number of nitrogens with one attached hydrogen (secondary N) is 2. The highest BCUT2D eigenvalue weighted by Gasteiger charge is 2.25. The minimum absolute atomic E-state index is 0.312. The van der Waals surface area contributed by atoms with Crippen LogP contribution in [0.25, 0.3) is 0 Å². The molecule has 1 aromatic rings. The van der Waals surface area contributed by atoms with E-state index in [0.29, 0.717) is 11.2 Å². The fraction of sp³-hybridized carbons (Fsp3) is 0.786. The van der Waals surface area contributed by atoms with Crippen molar-refractivity contribution in [3.8, 4) is 0 Å². The number of hydrogen-bond donors (Lipinski definition) is 2. The number of thioether (sulfide) groups is 1. The zero-order valence-corrected chi connectivity index (χ0v) is 14.8. The first-order chi connectivity index (χ1) is 10.8. The van der Waals surface area contributed by atoms with Crippen LogP contribution < -0.4 is 10.6 Å². The maximum absolute atomic E-state index is 12.1. The van der Waals surface area contributed by atoms with E-state index in [9.17, 15) is 9.59 Å². The molecule has 1 fully saturated rings. The Balaban J connectivity index is 1.91. The lowest BCUT2D eigenvalue weighted by atomic mass is 10.1. The molecular formula is C14H24N6O2S. The van der Waals surface area contributed by atoms with E-state index in [0.717, 1.165) is 12.8 Å². The molecule has 0 aromatic carbocycles. The topological polar surface area (TPSA) is 102 Å². The minimum atomic E-state index is -0.495. The molecule has 0 aliphatic heterocycles.